The van der Waals surface area contributed by atoms with Gasteiger partial charge in [-0.25, -0.2) is 18.4 Å². The van der Waals surface area contributed by atoms with Gasteiger partial charge in [-0.2, -0.15) is 5.26 Å². The number of amides is 3. The van der Waals surface area contributed by atoms with Gasteiger partial charge in [0.15, 0.2) is 0 Å². The van der Waals surface area contributed by atoms with Crippen LogP contribution in [0.4, 0.5) is 5.82 Å². The Morgan fingerprint density at radius 2 is 1.86 bits per heavy atom. The Kier molecular flexibility index (Phi) is 9.59. The highest BCUT2D eigenvalue weighted by atomic mass is 127. The van der Waals surface area contributed by atoms with E-state index in [2.05, 4.69) is 31.4 Å². The highest BCUT2D eigenvalue weighted by molar-refractivity contribution is 14.1. The summed E-state index contributed by atoms with van der Waals surface area (Å²) >= 11 is 2.02. The van der Waals surface area contributed by atoms with Crippen molar-refractivity contribution in [2.75, 3.05) is 19.0 Å². The molecule has 3 fully saturated rings. The number of halogens is 1. The van der Waals surface area contributed by atoms with E-state index in [4.69, 9.17) is 9.47 Å². The summed E-state index contributed by atoms with van der Waals surface area (Å²) in [7, 11) is -2.27. The molecule has 2 saturated carbocycles. The number of ether oxygens (including phenoxy) is 2. The Labute approximate surface area is 297 Å². The number of hydrogen-bond donors (Lipinski definition) is 3. The summed E-state index contributed by atoms with van der Waals surface area (Å²) in [6, 6.07) is 10.5. The fourth-order valence-corrected chi connectivity index (χ4v) is 8.44. The first-order valence-corrected chi connectivity index (χ1v) is 18.7. The molecule has 6 rings (SSSR count). The second kappa shape index (κ2) is 13.6. The molecule has 14 nitrogen and oxygen atoms in total. The first-order chi connectivity index (χ1) is 23.3. The third-order valence-electron chi connectivity index (χ3n) is 9.01. The minimum atomic E-state index is -3.84. The minimum absolute atomic E-state index is 0.0324. The Morgan fingerprint density at radius 3 is 2.51 bits per heavy atom. The third-order valence-corrected chi connectivity index (χ3v) is 12.3. The molecule has 1 saturated heterocycles. The van der Waals surface area contributed by atoms with Crippen molar-refractivity contribution < 1.29 is 32.3 Å². The largest absolute Gasteiger partial charge is 0.497 e. The summed E-state index contributed by atoms with van der Waals surface area (Å²) in [4.78, 5) is 51.9. The number of sulfonamides is 1. The Bertz CT molecular complexity index is 1950. The first-order valence-electron chi connectivity index (χ1n) is 15.9. The number of likely N-dealkylation sites (tertiary alicyclic amines) is 1. The van der Waals surface area contributed by atoms with Gasteiger partial charge in [-0.05, 0) is 67.0 Å². The molecule has 1 aromatic carbocycles. The summed E-state index contributed by atoms with van der Waals surface area (Å²) in [5.74, 6) is -0.727. The van der Waals surface area contributed by atoms with Crippen LogP contribution < -0.4 is 24.8 Å². The molecule has 2 aliphatic carbocycles. The number of methoxy groups -OCH3 is 1. The molecule has 2 aromatic heterocycles. The second-order valence-corrected chi connectivity index (χ2v) is 16.4. The van der Waals surface area contributed by atoms with E-state index in [1.54, 1.807) is 25.4 Å². The van der Waals surface area contributed by atoms with Crippen molar-refractivity contribution in [3.05, 3.63) is 54.4 Å². The molecule has 49 heavy (non-hydrogen) atoms. The predicted octanol–water partition coefficient (Wildman–Crippen LogP) is 2.67. The molecule has 258 valence electrons. The van der Waals surface area contributed by atoms with Crippen LogP contribution in [0.2, 0.25) is 0 Å². The molecule has 3 aromatic rings. The van der Waals surface area contributed by atoms with Gasteiger partial charge in [0.25, 0.3) is 5.91 Å². The number of fused-ring (bicyclic) bond motifs is 1. The minimum Gasteiger partial charge on any atom is -0.497 e. The Morgan fingerprint density at radius 1 is 1.12 bits per heavy atom. The van der Waals surface area contributed by atoms with Crippen molar-refractivity contribution in [1.29, 1.82) is 5.26 Å². The number of benzene rings is 1. The van der Waals surface area contributed by atoms with Gasteiger partial charge in [0.1, 0.15) is 35.3 Å². The van der Waals surface area contributed by atoms with Gasteiger partial charge in [-0.3, -0.25) is 19.1 Å². The van der Waals surface area contributed by atoms with Crippen molar-refractivity contribution in [2.24, 2.45) is 5.92 Å². The number of anilines is 1. The summed E-state index contributed by atoms with van der Waals surface area (Å²) in [5.41, 5.74) is -1.06. The van der Waals surface area contributed by atoms with E-state index < -0.39 is 56.7 Å². The zero-order valence-electron chi connectivity index (χ0n) is 27.1. The molecule has 3 N–H and O–H groups in total. The number of nitriles is 1. The zero-order valence-corrected chi connectivity index (χ0v) is 30.0. The van der Waals surface area contributed by atoms with Gasteiger partial charge in [0.2, 0.25) is 27.7 Å². The van der Waals surface area contributed by atoms with Crippen LogP contribution in [0, 0.1) is 17.2 Å². The number of rotatable bonds is 12. The zero-order chi connectivity index (χ0) is 35.1. The van der Waals surface area contributed by atoms with Crippen LogP contribution in [-0.2, 0) is 24.4 Å². The Hall–Kier alpha value is -4.24. The van der Waals surface area contributed by atoms with Gasteiger partial charge in [0, 0.05) is 28.1 Å². The summed E-state index contributed by atoms with van der Waals surface area (Å²) in [5, 5.41) is 16.3. The van der Waals surface area contributed by atoms with Crippen LogP contribution in [0.25, 0.3) is 10.8 Å². The van der Waals surface area contributed by atoms with Crippen LogP contribution >= 0.6 is 22.6 Å². The molecule has 5 atom stereocenters. The maximum absolute atomic E-state index is 14.3. The number of carbonyl (C=O) groups is 3. The van der Waals surface area contributed by atoms with Gasteiger partial charge >= 0.3 is 0 Å². The van der Waals surface area contributed by atoms with Gasteiger partial charge in [-0.1, -0.05) is 36.4 Å². The average molecular weight is 802 g/mol. The van der Waals surface area contributed by atoms with E-state index in [9.17, 15) is 28.1 Å². The van der Waals surface area contributed by atoms with E-state index in [1.807, 2.05) is 54.6 Å². The number of nitrogens with one attached hydrogen (secondary N) is 3. The van der Waals surface area contributed by atoms with Crippen molar-refractivity contribution >= 4 is 66.9 Å². The number of nitrogens with zero attached hydrogens (tertiary/aromatic N) is 4. The molecule has 1 aliphatic heterocycles. The molecule has 0 radical (unpaired) electrons. The van der Waals surface area contributed by atoms with Crippen molar-refractivity contribution in [3.8, 4) is 17.7 Å². The fourth-order valence-electron chi connectivity index (χ4n) is 5.94. The Balaban J connectivity index is 1.27. The van der Waals surface area contributed by atoms with Crippen LogP contribution in [0.5, 0.6) is 11.6 Å². The van der Waals surface area contributed by atoms with Crippen LogP contribution in [-0.4, -0.2) is 87.6 Å². The number of carbonyl (C=O) groups excluding carboxylic acids is 3. The number of aromatic nitrogens is 2. The van der Waals surface area contributed by atoms with E-state index in [0.29, 0.717) is 35.9 Å². The smallest absolute Gasteiger partial charge is 0.260 e. The summed E-state index contributed by atoms with van der Waals surface area (Å²) in [6.07, 6.45) is 3.71. The first kappa shape index (κ1) is 34.6. The van der Waals surface area contributed by atoms with Crippen molar-refractivity contribution in [1.82, 2.24) is 24.9 Å². The van der Waals surface area contributed by atoms with E-state index >= 15 is 0 Å². The monoisotopic (exact) mass is 801 g/mol. The lowest BCUT2D eigenvalue weighted by molar-refractivity contribution is -0.140. The van der Waals surface area contributed by atoms with Crippen molar-refractivity contribution in [3.63, 3.8) is 0 Å². The molecule has 0 spiro atoms. The summed E-state index contributed by atoms with van der Waals surface area (Å²) < 4.78 is 38.7. The van der Waals surface area contributed by atoms with Crippen LogP contribution in [0.3, 0.4) is 0 Å². The summed E-state index contributed by atoms with van der Waals surface area (Å²) in [6.45, 7) is 3.73. The van der Waals surface area contributed by atoms with Crippen LogP contribution in [0.15, 0.2) is 48.8 Å². The SMILES string of the molecule is COc1ccc2c(O[C@@H]3C[C@@H](C(=O)N[C@]4(C(=O)NS(=O)(=O)C5CC5)C[C@H]4I)N(C(=O)C(Nc4cc(C#N)ccn4)C(C)C)C3)nccc2c1. The maximum Gasteiger partial charge on any atom is 0.260 e. The van der Waals surface area contributed by atoms with E-state index in [-0.39, 0.29) is 29.2 Å². The molecule has 1 unspecified atom stereocenters. The number of hydrogen-bond acceptors (Lipinski definition) is 11. The molecule has 16 heteroatoms. The van der Waals surface area contributed by atoms with Crippen molar-refractivity contribution in [2.45, 2.75) is 72.4 Å². The molecule has 3 heterocycles. The molecule has 3 amide bonds. The lowest BCUT2D eigenvalue weighted by Gasteiger charge is -2.31. The number of pyridine rings is 2. The molecule has 3 aliphatic rings. The normalized spacial score (nSPS) is 23.8. The van der Waals surface area contributed by atoms with Gasteiger partial charge < -0.3 is 25.0 Å². The van der Waals surface area contributed by atoms with Gasteiger partial charge in [0.05, 0.1) is 30.5 Å². The topological polar surface area (TPSA) is 193 Å². The average Bonchev–Trinajstić information content (AvgIpc) is 4.00. The second-order valence-electron chi connectivity index (χ2n) is 12.9. The number of alkyl halides is 1. The molecular weight excluding hydrogens is 765 g/mol. The maximum atomic E-state index is 14.3. The fraction of sp³-hybridized carbons (Fsp3) is 0.455. The lowest BCUT2D eigenvalue weighted by Crippen LogP contribution is -2.58. The third kappa shape index (κ3) is 7.23. The molecular formula is C33H36IN7O7S. The van der Waals surface area contributed by atoms with E-state index in [1.165, 1.54) is 17.2 Å². The predicted molar refractivity (Wildman–Crippen MR) is 187 cm³/mol. The van der Waals surface area contributed by atoms with E-state index in [0.717, 1.165) is 10.8 Å². The standard InChI is InChI=1S/C33H36IN7O7S/c1-18(2)28(38-27-12-19(16-35)8-10-36-27)31(43)41-17-22(48-30-24-7-4-21(47-3)13-20(24)9-11-37-30)14-25(41)29(42)39-33(15-26(33)34)32(44)40-49(45,46)23-5-6-23/h4,7-13,18,22-23,25-26,28H,5-6,14-15,17H2,1-3H3,(H,36,38)(H,39,42)(H,40,44)/t22-,25+,26-,28?,33-/m1/s1. The quantitative estimate of drug-likeness (QED) is 0.180. The highest BCUT2D eigenvalue weighted by Gasteiger charge is 2.62. The van der Waals surface area contributed by atoms with Crippen LogP contribution in [0.1, 0.15) is 45.1 Å². The lowest BCUT2D eigenvalue weighted by atomic mass is 10.0. The molecule has 0 bridgehead atoms. The van der Waals surface area contributed by atoms with Gasteiger partial charge in [-0.15, -0.1) is 0 Å². The highest BCUT2D eigenvalue weighted by Crippen LogP contribution is 2.44.